The number of amides is 1. The first-order valence-corrected chi connectivity index (χ1v) is 11.4. The summed E-state index contributed by atoms with van der Waals surface area (Å²) in [5.41, 5.74) is 3.19. The Bertz CT molecular complexity index is 1290. The van der Waals surface area contributed by atoms with Crippen LogP contribution in [-0.4, -0.2) is 39.9 Å². The highest BCUT2D eigenvalue weighted by atomic mass is 16.6. The highest BCUT2D eigenvalue weighted by Gasteiger charge is 2.23. The predicted molar refractivity (Wildman–Crippen MR) is 129 cm³/mol. The highest BCUT2D eigenvalue weighted by Crippen LogP contribution is 2.30. The molecule has 1 unspecified atom stereocenters. The molecule has 0 spiro atoms. The number of hydrogen-bond acceptors (Lipinski definition) is 5. The highest BCUT2D eigenvalue weighted by molar-refractivity contribution is 5.90. The molecule has 5 rings (SSSR count). The molecular formula is C27H26N4O3. The van der Waals surface area contributed by atoms with Crippen molar-refractivity contribution in [3.63, 3.8) is 0 Å². The van der Waals surface area contributed by atoms with Crippen molar-refractivity contribution >= 4 is 5.91 Å². The van der Waals surface area contributed by atoms with Gasteiger partial charge in [-0.25, -0.2) is 9.67 Å². The Morgan fingerprint density at radius 2 is 1.71 bits per heavy atom. The third kappa shape index (κ3) is 4.78. The van der Waals surface area contributed by atoms with Gasteiger partial charge in [0.15, 0.2) is 11.5 Å². The second-order valence-corrected chi connectivity index (χ2v) is 8.24. The van der Waals surface area contributed by atoms with Crippen LogP contribution in [0.25, 0.3) is 5.69 Å². The van der Waals surface area contributed by atoms with E-state index in [-0.39, 0.29) is 17.8 Å². The molecule has 0 bridgehead atoms. The smallest absolute Gasteiger partial charge is 0.291 e. The second-order valence-electron chi connectivity index (χ2n) is 8.24. The van der Waals surface area contributed by atoms with Crippen molar-refractivity contribution in [1.82, 2.24) is 20.1 Å². The van der Waals surface area contributed by atoms with Crippen LogP contribution in [0.1, 0.15) is 27.6 Å². The van der Waals surface area contributed by atoms with Crippen molar-refractivity contribution in [2.24, 2.45) is 0 Å². The molecule has 1 aromatic heterocycles. The van der Waals surface area contributed by atoms with Crippen molar-refractivity contribution in [3.8, 4) is 17.2 Å². The molecule has 1 amide bonds. The maximum absolute atomic E-state index is 12.9. The first kappa shape index (κ1) is 21.7. The number of nitrogens with zero attached hydrogens (tertiary/aromatic N) is 3. The summed E-state index contributed by atoms with van der Waals surface area (Å²) in [7, 11) is 0. The summed E-state index contributed by atoms with van der Waals surface area (Å²) in [5, 5.41) is 7.47. The van der Waals surface area contributed by atoms with Gasteiger partial charge in [0.2, 0.25) is 5.82 Å². The molecule has 7 heteroatoms. The van der Waals surface area contributed by atoms with Crippen LogP contribution in [0.4, 0.5) is 0 Å². The Kier molecular flexibility index (Phi) is 6.25. The van der Waals surface area contributed by atoms with Gasteiger partial charge < -0.3 is 14.8 Å². The largest absolute Gasteiger partial charge is 0.486 e. The fourth-order valence-electron chi connectivity index (χ4n) is 3.95. The van der Waals surface area contributed by atoms with E-state index in [0.717, 1.165) is 23.5 Å². The van der Waals surface area contributed by atoms with Gasteiger partial charge in [-0.2, -0.15) is 0 Å². The number of aryl methyl sites for hydroxylation is 3. The number of para-hydroxylation sites is 3. The van der Waals surface area contributed by atoms with E-state index in [2.05, 4.69) is 27.5 Å². The summed E-state index contributed by atoms with van der Waals surface area (Å²) >= 11 is 0. The van der Waals surface area contributed by atoms with Crippen LogP contribution in [0.5, 0.6) is 11.5 Å². The van der Waals surface area contributed by atoms with Crippen LogP contribution in [0.3, 0.4) is 0 Å². The molecule has 0 saturated heterocycles. The predicted octanol–water partition coefficient (Wildman–Crippen LogP) is 3.93. The van der Waals surface area contributed by atoms with Gasteiger partial charge in [0.1, 0.15) is 18.5 Å². The van der Waals surface area contributed by atoms with E-state index < -0.39 is 0 Å². The summed E-state index contributed by atoms with van der Waals surface area (Å²) in [6, 6.07) is 25.7. The van der Waals surface area contributed by atoms with Crippen molar-refractivity contribution in [1.29, 1.82) is 0 Å². The number of benzene rings is 3. The molecule has 1 N–H and O–H groups in total. The van der Waals surface area contributed by atoms with Gasteiger partial charge >= 0.3 is 0 Å². The van der Waals surface area contributed by atoms with Gasteiger partial charge in [-0.3, -0.25) is 4.79 Å². The quantitative estimate of drug-likeness (QED) is 0.458. The molecule has 172 valence electrons. The Labute approximate surface area is 198 Å². The van der Waals surface area contributed by atoms with E-state index in [9.17, 15) is 4.79 Å². The Morgan fingerprint density at radius 3 is 2.53 bits per heavy atom. The molecule has 7 nitrogen and oxygen atoms in total. The summed E-state index contributed by atoms with van der Waals surface area (Å²) in [4.78, 5) is 17.6. The zero-order chi connectivity index (χ0) is 23.3. The molecule has 0 aliphatic carbocycles. The number of aromatic nitrogens is 3. The number of hydrogen-bond donors (Lipinski definition) is 1. The lowest BCUT2D eigenvalue weighted by Crippen LogP contribution is -2.41. The maximum Gasteiger partial charge on any atom is 0.291 e. The van der Waals surface area contributed by atoms with Gasteiger partial charge in [0.25, 0.3) is 5.91 Å². The SMILES string of the molecule is Cc1ccccc1-n1nc(C(=O)NCC2COc3ccccc3O2)nc1CCc1ccccc1. The minimum absolute atomic E-state index is 0.142. The van der Waals surface area contributed by atoms with Crippen molar-refractivity contribution in [2.75, 3.05) is 13.2 Å². The topological polar surface area (TPSA) is 78.3 Å². The van der Waals surface area contributed by atoms with Gasteiger partial charge in [-0.1, -0.05) is 60.7 Å². The molecule has 0 saturated carbocycles. The second kappa shape index (κ2) is 9.79. The average Bonchev–Trinajstić information content (AvgIpc) is 3.31. The minimum atomic E-state index is -0.337. The van der Waals surface area contributed by atoms with E-state index in [4.69, 9.17) is 9.47 Å². The maximum atomic E-state index is 12.9. The van der Waals surface area contributed by atoms with Crippen LogP contribution >= 0.6 is 0 Å². The molecule has 4 aromatic rings. The third-order valence-corrected chi connectivity index (χ3v) is 5.76. The molecule has 1 aliphatic rings. The number of carbonyl (C=O) groups is 1. The summed E-state index contributed by atoms with van der Waals surface area (Å²) < 4.78 is 13.4. The first-order valence-electron chi connectivity index (χ1n) is 11.4. The van der Waals surface area contributed by atoms with E-state index >= 15 is 0 Å². The lowest BCUT2D eigenvalue weighted by molar-refractivity contribution is 0.0783. The molecule has 2 heterocycles. The number of carbonyl (C=O) groups excluding carboxylic acids is 1. The molecular weight excluding hydrogens is 428 g/mol. The summed E-state index contributed by atoms with van der Waals surface area (Å²) in [5.74, 6) is 1.94. The van der Waals surface area contributed by atoms with Crippen LogP contribution < -0.4 is 14.8 Å². The van der Waals surface area contributed by atoms with E-state index in [1.807, 2.05) is 73.7 Å². The average molecular weight is 455 g/mol. The zero-order valence-corrected chi connectivity index (χ0v) is 19.0. The number of nitrogens with one attached hydrogen (secondary N) is 1. The van der Waals surface area contributed by atoms with Gasteiger partial charge in [-0.15, -0.1) is 5.10 Å². The molecule has 34 heavy (non-hydrogen) atoms. The van der Waals surface area contributed by atoms with E-state index in [0.29, 0.717) is 31.1 Å². The fraction of sp³-hybridized carbons (Fsp3) is 0.222. The normalized spacial score (nSPS) is 14.6. The molecule has 1 aliphatic heterocycles. The van der Waals surface area contributed by atoms with Crippen LogP contribution in [0.2, 0.25) is 0 Å². The monoisotopic (exact) mass is 454 g/mol. The standard InChI is InChI=1S/C27H26N4O3/c1-19-9-5-6-12-22(19)31-25(16-15-20-10-3-2-4-11-20)29-26(30-31)27(32)28-17-21-18-33-23-13-7-8-14-24(23)34-21/h2-14,21H,15-18H2,1H3,(H,28,32). The van der Waals surface area contributed by atoms with Crippen LogP contribution in [0, 0.1) is 6.92 Å². The van der Waals surface area contributed by atoms with Gasteiger partial charge in [0, 0.05) is 6.42 Å². The zero-order valence-electron chi connectivity index (χ0n) is 19.0. The van der Waals surface area contributed by atoms with Crippen molar-refractivity contribution in [2.45, 2.75) is 25.9 Å². The van der Waals surface area contributed by atoms with Crippen molar-refractivity contribution in [3.05, 3.63) is 102 Å². The van der Waals surface area contributed by atoms with Gasteiger partial charge in [-0.05, 0) is 42.7 Å². The fourth-order valence-corrected chi connectivity index (χ4v) is 3.95. The summed E-state index contributed by atoms with van der Waals surface area (Å²) in [6.07, 6.45) is 1.18. The lowest BCUT2D eigenvalue weighted by Gasteiger charge is -2.26. The first-order chi connectivity index (χ1) is 16.7. The third-order valence-electron chi connectivity index (χ3n) is 5.76. The Balaban J connectivity index is 1.32. The van der Waals surface area contributed by atoms with Gasteiger partial charge in [0.05, 0.1) is 12.2 Å². The lowest BCUT2D eigenvalue weighted by atomic mass is 10.1. The van der Waals surface area contributed by atoms with E-state index in [1.54, 1.807) is 4.68 Å². The Hall–Kier alpha value is -4.13. The van der Waals surface area contributed by atoms with Crippen molar-refractivity contribution < 1.29 is 14.3 Å². The number of ether oxygens (including phenoxy) is 2. The summed E-state index contributed by atoms with van der Waals surface area (Å²) in [6.45, 7) is 2.69. The molecule has 1 atom stereocenters. The number of fused-ring (bicyclic) bond motifs is 1. The Morgan fingerprint density at radius 1 is 0.971 bits per heavy atom. The molecule has 0 fully saturated rings. The van der Waals surface area contributed by atoms with E-state index in [1.165, 1.54) is 5.56 Å². The number of rotatable bonds is 7. The minimum Gasteiger partial charge on any atom is -0.486 e. The molecule has 3 aromatic carbocycles. The molecule has 0 radical (unpaired) electrons. The van der Waals surface area contributed by atoms with Crippen LogP contribution in [0.15, 0.2) is 78.9 Å². The van der Waals surface area contributed by atoms with Crippen LogP contribution in [-0.2, 0) is 12.8 Å².